The second kappa shape index (κ2) is 41.6. The molecule has 0 aliphatic heterocycles. The van der Waals surface area contributed by atoms with E-state index >= 15 is 0 Å². The molecular weight excluding hydrogens is 1860 g/mol. The van der Waals surface area contributed by atoms with Gasteiger partial charge in [-0.3, -0.25) is 60.3 Å². The summed E-state index contributed by atoms with van der Waals surface area (Å²) in [6.07, 6.45) is 35.8. The van der Waals surface area contributed by atoms with Gasteiger partial charge in [-0.25, -0.2) is 53.0 Å². The molecule has 0 saturated carbocycles. The summed E-state index contributed by atoms with van der Waals surface area (Å²) in [6, 6.07) is 68.8. The Morgan fingerprint density at radius 2 is 0.608 bits per heavy atom. The fraction of sp³-hybridized carbons (Fsp3) is 0.0796. The number of pyridine rings is 12. The minimum atomic E-state index is -0.326. The van der Waals surface area contributed by atoms with Crippen molar-refractivity contribution in [2.75, 3.05) is 14.1 Å². The number of H-pyrrole nitrogens is 8. The first-order valence-electron chi connectivity index (χ1n) is 47.4. The van der Waals surface area contributed by atoms with E-state index in [-0.39, 0.29) is 17.5 Å². The highest BCUT2D eigenvalue weighted by atomic mass is 19.1. The van der Waals surface area contributed by atoms with Gasteiger partial charge in [0, 0.05) is 212 Å². The number of nitrogens with zero attached hydrogens (tertiary/aromatic N) is 21. The van der Waals surface area contributed by atoms with Gasteiger partial charge in [0.15, 0.2) is 45.9 Å². The van der Waals surface area contributed by atoms with Gasteiger partial charge in [-0.2, -0.15) is 20.4 Å². The van der Waals surface area contributed by atoms with Crippen LogP contribution in [0.4, 0.5) is 13.2 Å². The van der Waals surface area contributed by atoms with Crippen LogP contribution in [-0.4, -0.2) is 159 Å². The average molecular weight is 1950 g/mol. The summed E-state index contributed by atoms with van der Waals surface area (Å²) in [6.45, 7) is 5.27. The predicted octanol–water partition coefficient (Wildman–Crippen LogP) is 21.2. The molecular formula is C113H87F3N32. The first-order valence-corrected chi connectivity index (χ1v) is 47.4. The van der Waals surface area contributed by atoms with E-state index in [1.165, 1.54) is 47.0 Å². The number of hydrogen-bond acceptors (Lipinski definition) is 24. The Balaban J connectivity index is 0.000000109. The Morgan fingerprint density at radius 3 is 1.02 bits per heavy atom. The van der Waals surface area contributed by atoms with Crippen LogP contribution in [0, 0.1) is 17.5 Å². The van der Waals surface area contributed by atoms with E-state index in [0.717, 1.165) is 170 Å². The van der Waals surface area contributed by atoms with Gasteiger partial charge in [0.2, 0.25) is 0 Å². The Labute approximate surface area is 840 Å². The maximum absolute atomic E-state index is 14.6. The van der Waals surface area contributed by atoms with E-state index in [0.29, 0.717) is 110 Å². The van der Waals surface area contributed by atoms with Crippen molar-refractivity contribution in [1.29, 1.82) is 0 Å². The molecule has 26 aromatic rings. The maximum atomic E-state index is 14.6. The third-order valence-corrected chi connectivity index (χ3v) is 25.0. The van der Waals surface area contributed by atoms with Crippen LogP contribution in [0.25, 0.3) is 212 Å². The van der Waals surface area contributed by atoms with Crippen molar-refractivity contribution in [2.24, 2.45) is 0 Å². The topological polar surface area (TPSA) is 423 Å². The summed E-state index contributed by atoms with van der Waals surface area (Å²) < 4.78 is 42.0. The summed E-state index contributed by atoms with van der Waals surface area (Å²) in [5.41, 5.74) is 31.2. The molecule has 0 fully saturated rings. The van der Waals surface area contributed by atoms with Crippen LogP contribution < -0.4 is 16.0 Å². The predicted molar refractivity (Wildman–Crippen MR) is 565 cm³/mol. The molecule has 0 saturated heterocycles. The van der Waals surface area contributed by atoms with E-state index in [2.05, 4.69) is 213 Å². The van der Waals surface area contributed by atoms with Crippen molar-refractivity contribution in [2.45, 2.75) is 45.8 Å². The molecule has 148 heavy (non-hydrogen) atoms. The van der Waals surface area contributed by atoms with Crippen LogP contribution in [0.3, 0.4) is 0 Å². The van der Waals surface area contributed by atoms with Crippen LogP contribution >= 0.6 is 0 Å². The zero-order valence-electron chi connectivity index (χ0n) is 79.3. The van der Waals surface area contributed by atoms with Crippen LogP contribution in [0.1, 0.15) is 38.9 Å². The molecule has 0 aliphatic carbocycles. The number of benzene rings is 6. The molecule has 35 heteroatoms. The SMILES string of the molecule is CN(C)Cc1cncc(-c2cnc3n[nH]c(-c4nc5ccncc5[nH]4)c3c2)c1.Fc1ccc(-c2cncc3[nH]c(-c4[nH]nc5ncc(-c6cncc(CNCc7ccccc7)c6)cc45)nc23)cc1.Fc1cccc(-c2cncc3[nH]c(-c4[nH]nc5ncc(-c6cncc(CNCc7ccccc7)c6)cc45)nc23)c1.Fc1ccccc1-c1cncc2[nH]c(-c3[nH]nc4ncc(-c5cncc(CNCc6ccccc6)c5)cc34)nc12. The van der Waals surface area contributed by atoms with Gasteiger partial charge in [-0.1, -0.05) is 133 Å². The van der Waals surface area contributed by atoms with Gasteiger partial charge in [-0.05, 0) is 149 Å². The van der Waals surface area contributed by atoms with Crippen molar-refractivity contribution in [3.05, 3.63) is 399 Å². The lowest BCUT2D eigenvalue weighted by molar-refractivity contribution is 0.402. The Morgan fingerprint density at radius 1 is 0.257 bits per heavy atom. The number of nitrogens with one attached hydrogen (secondary N) is 11. The summed E-state index contributed by atoms with van der Waals surface area (Å²) in [4.78, 5) is 87.7. The fourth-order valence-electron chi connectivity index (χ4n) is 17.8. The van der Waals surface area contributed by atoms with E-state index in [9.17, 15) is 13.2 Å². The third-order valence-electron chi connectivity index (χ3n) is 25.0. The molecule has 0 bridgehead atoms. The quantitative estimate of drug-likeness (QED) is 0.0253. The third kappa shape index (κ3) is 20.1. The molecule has 0 aliphatic rings. The molecule has 0 spiro atoms. The van der Waals surface area contributed by atoms with Crippen molar-refractivity contribution in [3.63, 3.8) is 0 Å². The maximum Gasteiger partial charge on any atom is 0.181 e. The minimum absolute atomic E-state index is 0.289. The van der Waals surface area contributed by atoms with Crippen LogP contribution in [-0.2, 0) is 45.8 Å². The second-order valence-electron chi connectivity index (χ2n) is 35.6. The number of rotatable bonds is 25. The molecule has 6 aromatic carbocycles. The van der Waals surface area contributed by atoms with E-state index < -0.39 is 0 Å². The normalized spacial score (nSPS) is 11.5. The van der Waals surface area contributed by atoms with Gasteiger partial charge in [0.05, 0.1) is 84.9 Å². The highest BCUT2D eigenvalue weighted by Gasteiger charge is 2.24. The van der Waals surface area contributed by atoms with Gasteiger partial charge >= 0.3 is 0 Å². The largest absolute Gasteiger partial charge is 0.335 e. The van der Waals surface area contributed by atoms with Crippen LogP contribution in [0.15, 0.2) is 342 Å². The number of fused-ring (bicyclic) bond motifs is 8. The molecule has 20 aromatic heterocycles. The Hall–Kier alpha value is -19.5. The average Bonchev–Trinajstić information content (AvgIpc) is 1.62. The number of halogens is 3. The molecule has 0 radical (unpaired) electrons. The minimum Gasteiger partial charge on any atom is -0.335 e. The van der Waals surface area contributed by atoms with Crippen LogP contribution in [0.5, 0.6) is 0 Å². The zero-order chi connectivity index (χ0) is 99.8. The summed E-state index contributed by atoms with van der Waals surface area (Å²) in [7, 11) is 4.09. The van der Waals surface area contributed by atoms with Gasteiger partial charge in [0.1, 0.15) is 45.7 Å². The number of aromatic nitrogens is 28. The molecule has 0 atom stereocenters. The Kier molecular flexibility index (Phi) is 25.9. The Bertz CT molecular complexity index is 9230. The number of aromatic amines is 8. The van der Waals surface area contributed by atoms with E-state index in [1.54, 1.807) is 105 Å². The summed E-state index contributed by atoms with van der Waals surface area (Å²) in [5.74, 6) is 1.57. The van der Waals surface area contributed by atoms with Crippen molar-refractivity contribution in [1.82, 2.24) is 161 Å². The van der Waals surface area contributed by atoms with Crippen molar-refractivity contribution < 1.29 is 13.2 Å². The van der Waals surface area contributed by atoms with Gasteiger partial charge in [0.25, 0.3) is 0 Å². The highest BCUT2D eigenvalue weighted by Crippen LogP contribution is 2.39. The second-order valence-corrected chi connectivity index (χ2v) is 35.6. The highest BCUT2D eigenvalue weighted by molar-refractivity contribution is 6.01. The lowest BCUT2D eigenvalue weighted by Crippen LogP contribution is -2.12. The molecule has 32 nitrogen and oxygen atoms in total. The first kappa shape index (κ1) is 92.2. The van der Waals surface area contributed by atoms with E-state index in [4.69, 9.17) is 15.0 Å². The fourth-order valence-corrected chi connectivity index (χ4v) is 17.8. The molecule has 11 N–H and O–H groups in total. The smallest absolute Gasteiger partial charge is 0.181 e. The molecule has 720 valence electrons. The molecule has 0 unspecified atom stereocenters. The monoisotopic (exact) mass is 1950 g/mol. The van der Waals surface area contributed by atoms with Gasteiger partial charge < -0.3 is 40.8 Å². The standard InChI is InChI=1S/3C31H23FN8.C20H18N8/c32-26-9-5-4-8-23(26)25-17-35-18-27-28(25)38-31(37-27)29-24-11-22(16-36-30(24)40-39-29)21-10-20(14-34-15-21)13-33-12-19-6-2-1-3-7-19;32-24-8-4-7-21(10-24)26-17-35-18-27-28(26)38-31(37-27)29-25-11-23(16-36-30(25)40-39-29)22-9-20(14-34-15-22)13-33-12-19-5-2-1-3-6-19;32-24-8-6-21(7-9-24)26-17-35-18-27-28(26)38-31(37-27)29-25-11-23(16-36-30(25)40-39-29)22-10-20(14-34-15-22)13-33-12-19-4-2-1-3-5-19;1-28(2)11-12-5-13(8-22-7-12)14-6-15-18(26-27-19(15)23-9-14)20-24-16-3-4-21-10-17(16)25-20/h3*1-11,14-18,33H,12-13H2,(H,37,38)(H,36,39,40);3-10H,11H2,1-2H3,(H,24,25)(H,23,26,27). The van der Waals surface area contributed by atoms with Crippen molar-refractivity contribution in [3.8, 4) is 124 Å². The summed E-state index contributed by atoms with van der Waals surface area (Å²) >= 11 is 0. The lowest BCUT2D eigenvalue weighted by Gasteiger charge is -2.10. The summed E-state index contributed by atoms with van der Waals surface area (Å²) in [5, 5.41) is 43.6. The first-order chi connectivity index (χ1) is 72.8. The van der Waals surface area contributed by atoms with E-state index in [1.807, 2.05) is 155 Å². The number of hydrogen-bond donors (Lipinski definition) is 11. The molecule has 20 heterocycles. The number of imidazole rings is 4. The van der Waals surface area contributed by atoms with Gasteiger partial charge in [-0.15, -0.1) is 0 Å². The van der Waals surface area contributed by atoms with Crippen molar-refractivity contribution >= 4 is 88.3 Å². The molecule has 0 amide bonds. The lowest BCUT2D eigenvalue weighted by atomic mass is 10.1. The van der Waals surface area contributed by atoms with Crippen LogP contribution in [0.2, 0.25) is 0 Å². The zero-order valence-corrected chi connectivity index (χ0v) is 79.3. The molecule has 26 rings (SSSR count).